The quantitative estimate of drug-likeness (QED) is 0.313. The predicted molar refractivity (Wildman–Crippen MR) is 145 cm³/mol. The van der Waals surface area contributed by atoms with Gasteiger partial charge in [-0.3, -0.25) is 14.4 Å². The molecule has 6 rings (SSSR count). The van der Waals surface area contributed by atoms with E-state index in [2.05, 4.69) is 12.2 Å². The third-order valence-electron chi connectivity index (χ3n) is 12.2. The van der Waals surface area contributed by atoms with Gasteiger partial charge in [0.2, 0.25) is 5.91 Å². The van der Waals surface area contributed by atoms with Crippen molar-refractivity contribution in [2.24, 2.45) is 34.5 Å². The highest BCUT2D eigenvalue weighted by Crippen LogP contribution is 2.69. The molecule has 0 radical (unpaired) electrons. The molecular formula is C31H42N2O9. The maximum atomic E-state index is 12.7. The van der Waals surface area contributed by atoms with Crippen molar-refractivity contribution in [1.29, 1.82) is 0 Å². The highest BCUT2D eigenvalue weighted by atomic mass is 16.7. The lowest BCUT2D eigenvalue weighted by molar-refractivity contribution is -0.243. The third-order valence-corrected chi connectivity index (χ3v) is 12.2. The van der Waals surface area contributed by atoms with Gasteiger partial charge in [0.25, 0.3) is 11.8 Å². The van der Waals surface area contributed by atoms with Gasteiger partial charge in [0.15, 0.2) is 0 Å². The fourth-order valence-electron chi connectivity index (χ4n) is 9.84. The Morgan fingerprint density at radius 3 is 2.45 bits per heavy atom. The number of amides is 3. The van der Waals surface area contributed by atoms with Crippen molar-refractivity contribution in [3.63, 3.8) is 0 Å². The number of carbonyl (C=O) groups excluding carboxylic acids is 5. The zero-order chi connectivity index (χ0) is 30.0. The van der Waals surface area contributed by atoms with Gasteiger partial charge in [-0.05, 0) is 86.0 Å². The Labute approximate surface area is 245 Å². The number of esters is 1. The molecule has 1 saturated heterocycles. The van der Waals surface area contributed by atoms with Gasteiger partial charge in [-0.25, -0.2) is 9.59 Å². The van der Waals surface area contributed by atoms with Gasteiger partial charge in [-0.15, -0.1) is 5.06 Å². The largest absolute Gasteiger partial charge is 0.458 e. The normalized spacial score (nSPS) is 42.8. The van der Waals surface area contributed by atoms with Gasteiger partial charge >= 0.3 is 11.9 Å². The van der Waals surface area contributed by atoms with E-state index >= 15 is 0 Å². The molecule has 5 fully saturated rings. The SMILES string of the molecule is C[C@@]12CC[C@@H](NC(=O)CCC(=O)ON3C(=O)CCC3=O)C[C@@H]1CC[C@H]1[C@H]2C[C@H](O)[C@@]2(C)[C@H](C3=CC(=O)OC3)CC[C@@]12O. The molecule has 6 aliphatic rings. The summed E-state index contributed by atoms with van der Waals surface area (Å²) in [7, 11) is 0. The van der Waals surface area contributed by atoms with E-state index in [0.717, 1.165) is 44.1 Å². The Morgan fingerprint density at radius 2 is 1.76 bits per heavy atom. The fourth-order valence-corrected chi connectivity index (χ4v) is 9.84. The van der Waals surface area contributed by atoms with Crippen LogP contribution in [0.5, 0.6) is 0 Å². The first-order chi connectivity index (χ1) is 19.9. The van der Waals surface area contributed by atoms with Crippen LogP contribution in [0.25, 0.3) is 0 Å². The zero-order valence-corrected chi connectivity index (χ0v) is 24.4. The van der Waals surface area contributed by atoms with E-state index in [9.17, 15) is 34.2 Å². The number of fused-ring (bicyclic) bond motifs is 5. The van der Waals surface area contributed by atoms with Gasteiger partial charge in [0.1, 0.15) is 6.61 Å². The van der Waals surface area contributed by atoms with E-state index < -0.39 is 34.9 Å². The highest BCUT2D eigenvalue weighted by Gasteiger charge is 2.70. The van der Waals surface area contributed by atoms with Crippen molar-refractivity contribution in [3.05, 3.63) is 11.6 Å². The van der Waals surface area contributed by atoms with Gasteiger partial charge < -0.3 is 25.1 Å². The number of ether oxygens (including phenoxy) is 1. The average Bonchev–Trinajstić information content (AvgIpc) is 3.60. The molecule has 0 aromatic rings. The highest BCUT2D eigenvalue weighted by molar-refractivity contribution is 6.01. The van der Waals surface area contributed by atoms with Gasteiger partial charge in [0.05, 0.1) is 18.1 Å². The molecule has 11 nitrogen and oxygen atoms in total. The minimum Gasteiger partial charge on any atom is -0.458 e. The number of carbonyl (C=O) groups is 5. The number of nitrogens with zero attached hydrogens (tertiary/aromatic N) is 1. The van der Waals surface area contributed by atoms with Crippen LogP contribution in [-0.2, 0) is 33.5 Å². The molecule has 4 saturated carbocycles. The van der Waals surface area contributed by atoms with Crippen LogP contribution in [-0.4, -0.2) is 69.3 Å². The number of imide groups is 1. The minimum atomic E-state index is -1.02. The summed E-state index contributed by atoms with van der Waals surface area (Å²) in [4.78, 5) is 64.7. The Balaban J connectivity index is 1.07. The lowest BCUT2D eigenvalue weighted by Crippen LogP contribution is -2.67. The Kier molecular flexibility index (Phi) is 7.28. The van der Waals surface area contributed by atoms with Crippen molar-refractivity contribution in [2.75, 3.05) is 6.61 Å². The van der Waals surface area contributed by atoms with Crippen molar-refractivity contribution in [2.45, 2.75) is 109 Å². The second-order valence-corrected chi connectivity index (χ2v) is 14.0. The molecule has 4 aliphatic carbocycles. The predicted octanol–water partition coefficient (Wildman–Crippen LogP) is 2.09. The molecule has 3 amide bonds. The van der Waals surface area contributed by atoms with Crippen molar-refractivity contribution in [1.82, 2.24) is 10.4 Å². The summed E-state index contributed by atoms with van der Waals surface area (Å²) in [5.74, 6) is -2.06. The number of rotatable bonds is 6. The summed E-state index contributed by atoms with van der Waals surface area (Å²) >= 11 is 0. The van der Waals surface area contributed by atoms with Crippen LogP contribution in [0.4, 0.5) is 0 Å². The standard InChI is InChI=1S/C31H42N2O9/c1-29-11-9-19(32-24(35)5-8-27(38)42-33-25(36)6-7-26(33)37)14-18(29)3-4-21-22(29)15-23(34)30(2)20(10-12-31(21,30)40)17-13-28(39)41-16-17/h13,18-23,34,40H,3-12,14-16H2,1-2H3,(H,32,35)/t18-,19+,20-,21-,22+,23-,29+,30+,31+/m0/s1. The van der Waals surface area contributed by atoms with Crippen LogP contribution in [0.3, 0.4) is 0 Å². The monoisotopic (exact) mass is 586 g/mol. The molecule has 11 heteroatoms. The maximum absolute atomic E-state index is 12.7. The van der Waals surface area contributed by atoms with Crippen molar-refractivity contribution < 1.29 is 43.8 Å². The average molecular weight is 587 g/mol. The lowest BCUT2D eigenvalue weighted by atomic mass is 9.42. The topological polar surface area (TPSA) is 160 Å². The van der Waals surface area contributed by atoms with E-state index in [4.69, 9.17) is 9.57 Å². The first-order valence-corrected chi connectivity index (χ1v) is 15.5. The van der Waals surface area contributed by atoms with Crippen molar-refractivity contribution in [3.8, 4) is 0 Å². The molecule has 3 N–H and O–H groups in total. The number of cyclic esters (lactones) is 1. The number of aliphatic hydroxyl groups is 2. The molecular weight excluding hydrogens is 544 g/mol. The van der Waals surface area contributed by atoms with Gasteiger partial charge in [0, 0.05) is 36.8 Å². The molecule has 2 aliphatic heterocycles. The summed E-state index contributed by atoms with van der Waals surface area (Å²) in [5.41, 5.74) is -0.952. The minimum absolute atomic E-state index is 0.0178. The summed E-state index contributed by atoms with van der Waals surface area (Å²) in [5, 5.41) is 27.6. The molecule has 2 heterocycles. The van der Waals surface area contributed by atoms with Gasteiger partial charge in [-0.1, -0.05) is 13.8 Å². The van der Waals surface area contributed by atoms with Crippen LogP contribution in [0.15, 0.2) is 11.6 Å². The molecule has 42 heavy (non-hydrogen) atoms. The molecule has 0 aromatic carbocycles. The maximum Gasteiger partial charge on any atom is 0.333 e. The van der Waals surface area contributed by atoms with Crippen LogP contribution in [0, 0.1) is 34.5 Å². The van der Waals surface area contributed by atoms with Crippen LogP contribution in [0.1, 0.15) is 90.9 Å². The number of aliphatic hydroxyl groups excluding tert-OH is 1. The number of hydroxylamine groups is 2. The fraction of sp³-hybridized carbons (Fsp3) is 0.774. The van der Waals surface area contributed by atoms with Crippen LogP contribution in [0.2, 0.25) is 0 Å². The Bertz CT molecular complexity index is 1220. The molecule has 0 aromatic heterocycles. The second-order valence-electron chi connectivity index (χ2n) is 14.0. The smallest absolute Gasteiger partial charge is 0.333 e. The molecule has 230 valence electrons. The van der Waals surface area contributed by atoms with Crippen LogP contribution >= 0.6 is 0 Å². The lowest BCUT2D eigenvalue weighted by Gasteiger charge is -2.65. The molecule has 0 bridgehead atoms. The van der Waals surface area contributed by atoms with Gasteiger partial charge in [-0.2, -0.15) is 0 Å². The van der Waals surface area contributed by atoms with Crippen LogP contribution < -0.4 is 5.32 Å². The first kappa shape index (κ1) is 29.3. The number of hydrogen-bond donors (Lipinski definition) is 3. The summed E-state index contributed by atoms with van der Waals surface area (Å²) in [6.45, 7) is 4.54. The van der Waals surface area contributed by atoms with E-state index in [0.29, 0.717) is 23.8 Å². The summed E-state index contributed by atoms with van der Waals surface area (Å²) < 4.78 is 5.19. The number of hydrogen-bond acceptors (Lipinski definition) is 9. The zero-order valence-electron chi connectivity index (χ0n) is 24.4. The number of nitrogens with one attached hydrogen (secondary N) is 1. The first-order valence-electron chi connectivity index (χ1n) is 15.5. The Hall–Kier alpha value is -2.79. The van der Waals surface area contributed by atoms with E-state index in [-0.39, 0.29) is 73.4 Å². The van der Waals surface area contributed by atoms with E-state index in [1.165, 1.54) is 0 Å². The molecule has 9 atom stereocenters. The third kappa shape index (κ3) is 4.49. The van der Waals surface area contributed by atoms with E-state index in [1.807, 2.05) is 6.92 Å². The second kappa shape index (κ2) is 10.4. The van der Waals surface area contributed by atoms with Crippen molar-refractivity contribution >= 4 is 29.7 Å². The summed E-state index contributed by atoms with van der Waals surface area (Å²) in [6.07, 6.45) is 6.70. The molecule has 0 unspecified atom stereocenters. The van der Waals surface area contributed by atoms with E-state index in [1.54, 1.807) is 6.08 Å². The summed E-state index contributed by atoms with van der Waals surface area (Å²) in [6, 6.07) is -0.0329. The molecule has 0 spiro atoms. The Morgan fingerprint density at radius 1 is 1.02 bits per heavy atom.